The van der Waals surface area contributed by atoms with E-state index < -0.39 is 0 Å². The lowest BCUT2D eigenvalue weighted by Crippen LogP contribution is -2.50. The van der Waals surface area contributed by atoms with Gasteiger partial charge in [-0.05, 0) is 171 Å². The molecule has 8 rings (SSSR count). The minimum absolute atomic E-state index is 0.0138. The van der Waals surface area contributed by atoms with Crippen LogP contribution < -0.4 is 9.47 Å². The Morgan fingerprint density at radius 2 is 1.04 bits per heavy atom. The lowest BCUT2D eigenvalue weighted by molar-refractivity contribution is 0.0401. The monoisotopic (exact) mass is 596 g/mol. The Labute approximate surface area is 270 Å². The largest absolute Gasteiger partial charge is 0.457 e. The minimum Gasteiger partial charge on any atom is -0.457 e. The Morgan fingerprint density at radius 1 is 0.533 bits per heavy atom. The van der Waals surface area contributed by atoms with Crippen molar-refractivity contribution in [2.45, 2.75) is 96.3 Å². The molecular formula is C43H48O2. The first-order chi connectivity index (χ1) is 22.1. The molecule has 45 heavy (non-hydrogen) atoms. The van der Waals surface area contributed by atoms with Crippen LogP contribution >= 0.6 is 0 Å². The Morgan fingerprint density at radius 3 is 1.58 bits per heavy atom. The molecule has 0 heterocycles. The number of benzene rings is 4. The van der Waals surface area contributed by atoms with Crippen molar-refractivity contribution in [3.8, 4) is 23.0 Å². The highest BCUT2D eigenvalue weighted by Crippen LogP contribution is 2.59. The van der Waals surface area contributed by atoms with Crippen molar-refractivity contribution in [1.29, 1.82) is 0 Å². The van der Waals surface area contributed by atoms with Gasteiger partial charge in [0.25, 0.3) is 0 Å². The van der Waals surface area contributed by atoms with Crippen molar-refractivity contribution in [2.75, 3.05) is 0 Å². The van der Waals surface area contributed by atoms with E-state index in [-0.39, 0.29) is 5.41 Å². The maximum atomic E-state index is 6.58. The highest BCUT2D eigenvalue weighted by atomic mass is 16.5. The van der Waals surface area contributed by atoms with Crippen LogP contribution in [0.15, 0.2) is 84.9 Å². The predicted molar refractivity (Wildman–Crippen MR) is 184 cm³/mol. The highest BCUT2D eigenvalue weighted by molar-refractivity contribution is 5.49. The molecule has 0 aliphatic heterocycles. The third kappa shape index (κ3) is 5.29. The van der Waals surface area contributed by atoms with Gasteiger partial charge in [0.2, 0.25) is 0 Å². The molecule has 0 radical (unpaired) electrons. The number of hydrogen-bond acceptors (Lipinski definition) is 2. The first-order valence-corrected chi connectivity index (χ1v) is 17.9. The summed E-state index contributed by atoms with van der Waals surface area (Å²) in [7, 11) is 0. The average molecular weight is 597 g/mol. The summed E-state index contributed by atoms with van der Waals surface area (Å²) in [5.74, 6) is 6.80. The fraction of sp³-hybridized carbons (Fsp3) is 0.442. The third-order valence-electron chi connectivity index (χ3n) is 12.0. The molecule has 0 aromatic heterocycles. The Bertz CT molecular complexity index is 1540. The number of rotatable bonds is 6. The van der Waals surface area contributed by atoms with E-state index in [4.69, 9.17) is 9.47 Å². The molecule has 0 N–H and O–H groups in total. The van der Waals surface area contributed by atoms with Crippen molar-refractivity contribution in [1.82, 2.24) is 0 Å². The molecule has 2 fully saturated rings. The van der Waals surface area contributed by atoms with Gasteiger partial charge in [0, 0.05) is 5.41 Å². The number of ether oxygens (including phenoxy) is 2. The molecule has 0 saturated heterocycles. The Kier molecular flexibility index (Phi) is 7.72. The van der Waals surface area contributed by atoms with E-state index in [0.29, 0.717) is 11.8 Å². The van der Waals surface area contributed by atoms with Gasteiger partial charge in [0.15, 0.2) is 0 Å². The average Bonchev–Trinajstić information content (AvgIpc) is 3.06. The van der Waals surface area contributed by atoms with Crippen molar-refractivity contribution in [3.63, 3.8) is 0 Å². The van der Waals surface area contributed by atoms with E-state index in [1.54, 1.807) is 0 Å². The molecule has 2 nitrogen and oxygen atoms in total. The summed E-state index contributed by atoms with van der Waals surface area (Å²) in [6, 6.07) is 31.7. The van der Waals surface area contributed by atoms with E-state index >= 15 is 0 Å². The maximum Gasteiger partial charge on any atom is 0.130 e. The zero-order valence-corrected chi connectivity index (χ0v) is 27.2. The lowest BCUT2D eigenvalue weighted by atomic mass is 9.48. The van der Waals surface area contributed by atoms with E-state index in [2.05, 4.69) is 98.8 Å². The molecule has 0 spiro atoms. The second kappa shape index (κ2) is 12.0. The molecule has 0 amide bonds. The van der Waals surface area contributed by atoms with Crippen LogP contribution in [-0.2, 0) is 31.1 Å². The molecule has 4 aromatic carbocycles. The van der Waals surface area contributed by atoms with Crippen molar-refractivity contribution in [3.05, 3.63) is 118 Å². The number of fused-ring (bicyclic) bond motifs is 4. The van der Waals surface area contributed by atoms with E-state index in [1.807, 2.05) is 0 Å². The summed E-state index contributed by atoms with van der Waals surface area (Å²) >= 11 is 0. The first-order valence-electron chi connectivity index (χ1n) is 17.9. The summed E-state index contributed by atoms with van der Waals surface area (Å²) in [5, 5.41) is 0. The van der Waals surface area contributed by atoms with Gasteiger partial charge < -0.3 is 9.47 Å². The predicted octanol–water partition coefficient (Wildman–Crippen LogP) is 11.4. The first kappa shape index (κ1) is 28.9. The molecule has 4 aliphatic rings. The standard InChI is InChI=1S/C43H48O2/c1-29-25-31-27-30(2)43(36(26-29)28-31,34-17-21-37(22-18-34)44-41-15-7-11-32-9-3-5-13-39(32)41)35-19-23-38(24-20-35)45-42-16-8-12-33-10-4-6-14-40(33)42/h7-8,11-12,15-24,29-31,36H,3-6,9-10,13-14,25-28H2,1-2H3. The van der Waals surface area contributed by atoms with Crippen molar-refractivity contribution < 1.29 is 9.47 Å². The van der Waals surface area contributed by atoms with Gasteiger partial charge in [0.05, 0.1) is 0 Å². The fourth-order valence-corrected chi connectivity index (χ4v) is 10.1. The van der Waals surface area contributed by atoms with Crippen LogP contribution in [-0.4, -0.2) is 0 Å². The van der Waals surface area contributed by atoms with E-state index in [9.17, 15) is 0 Å². The Hall–Kier alpha value is -3.52. The summed E-state index contributed by atoms with van der Waals surface area (Å²) in [4.78, 5) is 0. The van der Waals surface area contributed by atoms with Crippen LogP contribution in [0.25, 0.3) is 0 Å². The van der Waals surface area contributed by atoms with Gasteiger partial charge in [-0.25, -0.2) is 0 Å². The summed E-state index contributed by atoms with van der Waals surface area (Å²) in [6.07, 6.45) is 15.0. The molecule has 2 heteroatoms. The molecular weight excluding hydrogens is 548 g/mol. The van der Waals surface area contributed by atoms with Crippen LogP contribution in [0.2, 0.25) is 0 Å². The summed E-state index contributed by atoms with van der Waals surface area (Å²) in [6.45, 7) is 5.01. The summed E-state index contributed by atoms with van der Waals surface area (Å²) in [5.41, 5.74) is 8.62. The van der Waals surface area contributed by atoms with Gasteiger partial charge in [-0.3, -0.25) is 0 Å². The van der Waals surface area contributed by atoms with Crippen LogP contribution in [0, 0.1) is 23.7 Å². The van der Waals surface area contributed by atoms with Crippen LogP contribution in [0.1, 0.15) is 98.6 Å². The second-order valence-corrected chi connectivity index (χ2v) is 14.8. The van der Waals surface area contributed by atoms with E-state index in [0.717, 1.165) is 47.7 Å². The molecule has 2 bridgehead atoms. The molecule has 2 saturated carbocycles. The van der Waals surface area contributed by atoms with Crippen LogP contribution in [0.5, 0.6) is 23.0 Å². The quantitative estimate of drug-likeness (QED) is 0.220. The fourth-order valence-electron chi connectivity index (χ4n) is 10.1. The SMILES string of the molecule is CC1CC2CC(C)C(c3ccc(Oc4cccc5c4CCCC5)cc3)(c3ccc(Oc4cccc5c4CCCC5)cc3)C(C1)C2. The smallest absolute Gasteiger partial charge is 0.130 e. The van der Waals surface area contributed by atoms with Crippen LogP contribution in [0.4, 0.5) is 0 Å². The highest BCUT2D eigenvalue weighted by Gasteiger charge is 2.52. The zero-order valence-electron chi connectivity index (χ0n) is 27.2. The summed E-state index contributed by atoms with van der Waals surface area (Å²) < 4.78 is 13.2. The Balaban J connectivity index is 1.13. The molecule has 4 aliphatic carbocycles. The normalized spacial score (nSPS) is 25.1. The van der Waals surface area contributed by atoms with E-state index in [1.165, 1.54) is 97.6 Å². The number of aryl methyl sites for hydroxylation is 2. The lowest BCUT2D eigenvalue weighted by Gasteiger charge is -2.55. The minimum atomic E-state index is -0.0138. The molecule has 4 atom stereocenters. The topological polar surface area (TPSA) is 18.5 Å². The molecule has 4 unspecified atom stereocenters. The number of hydrogen-bond donors (Lipinski definition) is 0. The van der Waals surface area contributed by atoms with Gasteiger partial charge in [0.1, 0.15) is 23.0 Å². The van der Waals surface area contributed by atoms with Crippen molar-refractivity contribution >= 4 is 0 Å². The second-order valence-electron chi connectivity index (χ2n) is 14.8. The van der Waals surface area contributed by atoms with Gasteiger partial charge >= 0.3 is 0 Å². The molecule has 232 valence electrons. The van der Waals surface area contributed by atoms with Gasteiger partial charge in [-0.1, -0.05) is 62.4 Å². The third-order valence-corrected chi connectivity index (χ3v) is 12.0. The van der Waals surface area contributed by atoms with Gasteiger partial charge in [-0.2, -0.15) is 0 Å². The zero-order chi connectivity index (χ0) is 30.4. The molecule has 4 aromatic rings. The van der Waals surface area contributed by atoms with Crippen molar-refractivity contribution in [2.24, 2.45) is 23.7 Å². The maximum absolute atomic E-state index is 6.58. The van der Waals surface area contributed by atoms with Gasteiger partial charge in [-0.15, -0.1) is 0 Å². The van der Waals surface area contributed by atoms with Crippen LogP contribution in [0.3, 0.4) is 0 Å².